The molecule has 4 rings (SSSR count). The summed E-state index contributed by atoms with van der Waals surface area (Å²) >= 11 is 1.27. The number of aromatic nitrogens is 1. The molecule has 1 aromatic heterocycles. The first-order valence-electron chi connectivity index (χ1n) is 10.3. The number of halogens is 1. The van der Waals surface area contributed by atoms with Crippen molar-refractivity contribution in [2.75, 3.05) is 22.9 Å². The van der Waals surface area contributed by atoms with Crippen LogP contribution in [0, 0.1) is 5.82 Å². The van der Waals surface area contributed by atoms with Gasteiger partial charge in [-0.2, -0.15) is 0 Å². The third-order valence-corrected chi connectivity index (χ3v) is 6.38. The summed E-state index contributed by atoms with van der Waals surface area (Å²) in [5, 5.41) is 5.96. The van der Waals surface area contributed by atoms with Crippen molar-refractivity contribution in [3.05, 3.63) is 69.4 Å². The Labute approximate surface area is 189 Å². The van der Waals surface area contributed by atoms with Crippen LogP contribution in [0.15, 0.2) is 42.5 Å². The second-order valence-electron chi connectivity index (χ2n) is 7.95. The highest BCUT2D eigenvalue weighted by atomic mass is 32.1. The number of thiazole rings is 1. The Bertz CT molecular complexity index is 1160. The van der Waals surface area contributed by atoms with Crippen molar-refractivity contribution in [1.29, 1.82) is 0 Å². The Kier molecular flexibility index (Phi) is 6.09. The number of nitrogens with zero attached hydrogens (tertiary/aromatic N) is 2. The Morgan fingerprint density at radius 2 is 1.91 bits per heavy atom. The lowest BCUT2D eigenvalue weighted by atomic mass is 10.0. The lowest BCUT2D eigenvalue weighted by Gasteiger charge is -2.26. The molecule has 0 aliphatic carbocycles. The molecule has 0 atom stereocenters. The van der Waals surface area contributed by atoms with E-state index in [2.05, 4.69) is 29.5 Å². The molecule has 2 aromatic carbocycles. The molecule has 0 saturated carbocycles. The van der Waals surface area contributed by atoms with Crippen LogP contribution in [0.1, 0.15) is 45.7 Å². The van der Waals surface area contributed by atoms with Gasteiger partial charge < -0.3 is 21.3 Å². The highest BCUT2D eigenvalue weighted by Crippen LogP contribution is 2.28. The second-order valence-corrected chi connectivity index (χ2v) is 9.04. The van der Waals surface area contributed by atoms with E-state index >= 15 is 0 Å². The van der Waals surface area contributed by atoms with Crippen molar-refractivity contribution in [1.82, 2.24) is 9.88 Å². The van der Waals surface area contributed by atoms with E-state index in [1.807, 2.05) is 12.1 Å². The van der Waals surface area contributed by atoms with Crippen LogP contribution in [0.25, 0.3) is 0 Å². The maximum atomic E-state index is 13.1. The van der Waals surface area contributed by atoms with Gasteiger partial charge in [0.05, 0.1) is 23.6 Å². The normalized spacial score (nSPS) is 13.1. The third-order valence-electron chi connectivity index (χ3n) is 5.30. The fraction of sp³-hybridized carbons (Fsp3) is 0.261. The first-order valence-corrected chi connectivity index (χ1v) is 11.1. The number of fused-ring (bicyclic) bond motifs is 1. The van der Waals surface area contributed by atoms with Crippen LogP contribution >= 0.6 is 11.3 Å². The monoisotopic (exact) mass is 453 g/mol. The summed E-state index contributed by atoms with van der Waals surface area (Å²) in [4.78, 5) is 32.4. The molecule has 0 radical (unpaired) electrons. The minimum Gasteiger partial charge on any atom is -0.397 e. The number of anilines is 3. The molecule has 3 amide bonds. The fourth-order valence-corrected chi connectivity index (χ4v) is 4.44. The van der Waals surface area contributed by atoms with E-state index in [0.29, 0.717) is 47.5 Å². The Balaban J connectivity index is 1.44. The number of hydrogen-bond acceptors (Lipinski definition) is 5. The molecule has 1 aliphatic heterocycles. The van der Waals surface area contributed by atoms with Gasteiger partial charge in [-0.25, -0.2) is 14.2 Å². The molecule has 3 aromatic rings. The van der Waals surface area contributed by atoms with Crippen LogP contribution in [0.4, 0.5) is 26.2 Å². The number of nitrogens with one attached hydrogen (secondary N) is 2. The number of rotatable bonds is 4. The summed E-state index contributed by atoms with van der Waals surface area (Å²) in [7, 11) is 0. The molecular formula is C23H24FN5O2S. The average Bonchev–Trinajstić information content (AvgIpc) is 3.20. The van der Waals surface area contributed by atoms with Gasteiger partial charge in [-0.3, -0.25) is 4.79 Å². The predicted molar refractivity (Wildman–Crippen MR) is 125 cm³/mol. The zero-order valence-corrected chi connectivity index (χ0v) is 18.6. The number of nitrogen functional groups attached to an aromatic ring is 1. The number of benzene rings is 2. The van der Waals surface area contributed by atoms with Gasteiger partial charge in [0, 0.05) is 23.5 Å². The minimum atomic E-state index is -0.362. The topological polar surface area (TPSA) is 100 Å². The summed E-state index contributed by atoms with van der Waals surface area (Å²) in [5.41, 5.74) is 9.52. The quantitative estimate of drug-likeness (QED) is 0.493. The second kappa shape index (κ2) is 8.96. The molecule has 166 valence electrons. The van der Waals surface area contributed by atoms with Crippen molar-refractivity contribution in [2.45, 2.75) is 32.7 Å². The molecule has 0 spiro atoms. The van der Waals surface area contributed by atoms with Crippen molar-refractivity contribution < 1.29 is 14.0 Å². The molecular weight excluding hydrogens is 429 g/mol. The standard InChI is InChI=1S/C23H24FN5O2S/c1-13(2)14-3-8-17(25)19(11-14)27-21(30)22-28-18-9-10-29(12-20(18)32-22)23(31)26-16-6-4-15(24)5-7-16/h3-8,11,13H,9-10,12,25H2,1-2H3,(H,26,31)(H,27,30). The van der Waals surface area contributed by atoms with E-state index < -0.39 is 0 Å². The SMILES string of the molecule is CC(C)c1ccc(N)c(NC(=O)c2nc3c(s2)CN(C(=O)Nc2ccc(F)cc2)CC3)c1. The Morgan fingerprint density at radius 3 is 2.62 bits per heavy atom. The summed E-state index contributed by atoms with van der Waals surface area (Å²) in [6.45, 7) is 4.99. The van der Waals surface area contributed by atoms with Crippen molar-refractivity contribution in [3.8, 4) is 0 Å². The predicted octanol–water partition coefficient (Wildman–Crippen LogP) is 4.83. The van der Waals surface area contributed by atoms with E-state index in [-0.39, 0.29) is 17.8 Å². The average molecular weight is 454 g/mol. The molecule has 2 heterocycles. The first-order chi connectivity index (χ1) is 15.3. The van der Waals surface area contributed by atoms with E-state index in [1.54, 1.807) is 11.0 Å². The molecule has 0 fully saturated rings. The van der Waals surface area contributed by atoms with E-state index in [1.165, 1.54) is 35.6 Å². The molecule has 7 nitrogen and oxygen atoms in total. The number of nitrogens with two attached hydrogens (primary N) is 1. The van der Waals surface area contributed by atoms with Crippen LogP contribution in [0.3, 0.4) is 0 Å². The molecule has 32 heavy (non-hydrogen) atoms. The van der Waals surface area contributed by atoms with Crippen molar-refractivity contribution >= 4 is 40.3 Å². The molecule has 0 saturated heterocycles. The van der Waals surface area contributed by atoms with E-state index in [4.69, 9.17) is 5.73 Å². The summed E-state index contributed by atoms with van der Waals surface area (Å²) in [6, 6.07) is 10.9. The largest absolute Gasteiger partial charge is 0.397 e. The van der Waals surface area contributed by atoms with Crippen molar-refractivity contribution in [3.63, 3.8) is 0 Å². The van der Waals surface area contributed by atoms with Crippen LogP contribution in [-0.4, -0.2) is 28.4 Å². The van der Waals surface area contributed by atoms with Gasteiger partial charge in [-0.15, -0.1) is 11.3 Å². The van der Waals surface area contributed by atoms with Crippen LogP contribution in [0.2, 0.25) is 0 Å². The van der Waals surface area contributed by atoms with Gasteiger partial charge in [-0.05, 0) is 47.9 Å². The highest BCUT2D eigenvalue weighted by Gasteiger charge is 2.26. The zero-order valence-electron chi connectivity index (χ0n) is 17.8. The molecule has 0 unspecified atom stereocenters. The third kappa shape index (κ3) is 4.72. The number of carbonyl (C=O) groups is 2. The van der Waals surface area contributed by atoms with Crippen molar-refractivity contribution in [2.24, 2.45) is 0 Å². The van der Waals surface area contributed by atoms with Crippen LogP contribution < -0.4 is 16.4 Å². The number of amides is 3. The smallest absolute Gasteiger partial charge is 0.322 e. The maximum absolute atomic E-state index is 13.1. The lowest BCUT2D eigenvalue weighted by molar-refractivity contribution is 0.102. The summed E-state index contributed by atoms with van der Waals surface area (Å²) in [6.07, 6.45) is 0.556. The Hall–Kier alpha value is -3.46. The van der Waals surface area contributed by atoms with Crippen LogP contribution in [-0.2, 0) is 13.0 Å². The number of urea groups is 1. The Morgan fingerprint density at radius 1 is 1.16 bits per heavy atom. The molecule has 4 N–H and O–H groups in total. The van der Waals surface area contributed by atoms with Gasteiger partial charge >= 0.3 is 6.03 Å². The molecule has 9 heteroatoms. The number of carbonyl (C=O) groups excluding carboxylic acids is 2. The van der Waals surface area contributed by atoms with E-state index in [0.717, 1.165) is 16.1 Å². The van der Waals surface area contributed by atoms with Gasteiger partial charge in [0.2, 0.25) is 0 Å². The van der Waals surface area contributed by atoms with Gasteiger partial charge in [0.15, 0.2) is 5.01 Å². The summed E-state index contributed by atoms with van der Waals surface area (Å²) in [5.74, 6) is -0.372. The highest BCUT2D eigenvalue weighted by molar-refractivity contribution is 7.13. The fourth-order valence-electron chi connectivity index (χ4n) is 3.42. The van der Waals surface area contributed by atoms with Crippen LogP contribution in [0.5, 0.6) is 0 Å². The van der Waals surface area contributed by atoms with Gasteiger partial charge in [-0.1, -0.05) is 19.9 Å². The lowest BCUT2D eigenvalue weighted by Crippen LogP contribution is -2.38. The molecule has 0 bridgehead atoms. The molecule has 1 aliphatic rings. The minimum absolute atomic E-state index is 0.278. The van der Waals surface area contributed by atoms with E-state index in [9.17, 15) is 14.0 Å². The zero-order chi connectivity index (χ0) is 22.8. The summed E-state index contributed by atoms with van der Waals surface area (Å²) < 4.78 is 13.1. The van der Waals surface area contributed by atoms with Gasteiger partial charge in [0.25, 0.3) is 5.91 Å². The first kappa shape index (κ1) is 21.8. The maximum Gasteiger partial charge on any atom is 0.322 e. The number of hydrogen-bond donors (Lipinski definition) is 3. The van der Waals surface area contributed by atoms with Gasteiger partial charge in [0.1, 0.15) is 5.82 Å².